The van der Waals surface area contributed by atoms with E-state index in [0.29, 0.717) is 20.3 Å². The zero-order chi connectivity index (χ0) is 14.7. The Kier molecular flexibility index (Phi) is 4.77. The molecule has 2 aromatic rings. The van der Waals surface area contributed by atoms with Crippen LogP contribution in [0.5, 0.6) is 5.75 Å². The van der Waals surface area contributed by atoms with E-state index in [1.54, 1.807) is 24.3 Å². The van der Waals surface area contributed by atoms with Crippen LogP contribution in [0.1, 0.15) is 10.4 Å². The number of methoxy groups -OCH3 is 1. The molecule has 1 amide bonds. The minimum absolute atomic E-state index is 0.118. The third-order valence-electron chi connectivity index (χ3n) is 2.60. The molecule has 0 bridgehead atoms. The summed E-state index contributed by atoms with van der Waals surface area (Å²) in [4.78, 5) is 12.2. The van der Waals surface area contributed by atoms with Crippen LogP contribution in [0.15, 0.2) is 45.3 Å². The van der Waals surface area contributed by atoms with Crippen LogP contribution in [0.3, 0.4) is 0 Å². The number of rotatable bonds is 3. The Hall–Kier alpha value is -1.40. The van der Waals surface area contributed by atoms with Gasteiger partial charge >= 0.3 is 0 Å². The predicted octanol–water partition coefficient (Wildman–Crippen LogP) is 4.61. The average Bonchev–Trinajstić information content (AvgIpc) is 2.42. The second-order valence-electron chi connectivity index (χ2n) is 3.92. The molecule has 0 fully saturated rings. The standard InChI is InChI=1S/C14H10Br2FNO2/c1-20-9-3-4-11(16)10(7-9)14(19)18-13-5-2-8(15)6-12(13)17/h2-7H,1H3,(H,18,19). The van der Waals surface area contributed by atoms with Gasteiger partial charge in [-0.3, -0.25) is 4.79 Å². The topological polar surface area (TPSA) is 38.3 Å². The summed E-state index contributed by atoms with van der Waals surface area (Å²) in [6, 6.07) is 9.43. The van der Waals surface area contributed by atoms with Crippen molar-refractivity contribution in [1.29, 1.82) is 0 Å². The van der Waals surface area contributed by atoms with Crippen molar-refractivity contribution in [2.75, 3.05) is 12.4 Å². The van der Waals surface area contributed by atoms with Gasteiger partial charge in [-0.1, -0.05) is 15.9 Å². The first-order valence-electron chi connectivity index (χ1n) is 5.61. The molecular weight excluding hydrogens is 393 g/mol. The minimum atomic E-state index is -0.508. The number of halogens is 3. The summed E-state index contributed by atoms with van der Waals surface area (Å²) < 4.78 is 20.0. The summed E-state index contributed by atoms with van der Waals surface area (Å²) in [7, 11) is 1.51. The Labute approximate surface area is 132 Å². The molecule has 0 atom stereocenters. The SMILES string of the molecule is COc1ccc(Br)c(C(=O)Nc2ccc(Br)cc2F)c1. The highest BCUT2D eigenvalue weighted by Gasteiger charge is 2.13. The molecule has 0 spiro atoms. The zero-order valence-electron chi connectivity index (χ0n) is 10.4. The average molecular weight is 403 g/mol. The Balaban J connectivity index is 2.28. The van der Waals surface area contributed by atoms with E-state index in [1.165, 1.54) is 19.2 Å². The summed E-state index contributed by atoms with van der Waals surface area (Å²) in [6.45, 7) is 0. The van der Waals surface area contributed by atoms with Gasteiger partial charge in [0.05, 0.1) is 18.4 Å². The molecule has 3 nitrogen and oxygen atoms in total. The highest BCUT2D eigenvalue weighted by Crippen LogP contribution is 2.25. The summed E-state index contributed by atoms with van der Waals surface area (Å²) in [6.07, 6.45) is 0. The molecule has 104 valence electrons. The second kappa shape index (κ2) is 6.37. The summed E-state index contributed by atoms with van der Waals surface area (Å²) >= 11 is 6.45. The van der Waals surface area contributed by atoms with Crippen molar-refractivity contribution in [1.82, 2.24) is 0 Å². The van der Waals surface area contributed by atoms with E-state index in [1.807, 2.05) is 0 Å². The van der Waals surface area contributed by atoms with Crippen molar-refractivity contribution in [2.24, 2.45) is 0 Å². The molecule has 0 heterocycles. The number of carbonyl (C=O) groups excluding carboxylic acids is 1. The third kappa shape index (κ3) is 3.37. The largest absolute Gasteiger partial charge is 0.497 e. The first kappa shape index (κ1) is 15.0. The molecular formula is C14H10Br2FNO2. The fourth-order valence-electron chi connectivity index (χ4n) is 1.59. The maximum Gasteiger partial charge on any atom is 0.257 e. The zero-order valence-corrected chi connectivity index (χ0v) is 13.6. The quantitative estimate of drug-likeness (QED) is 0.813. The molecule has 1 N–H and O–H groups in total. The second-order valence-corrected chi connectivity index (χ2v) is 5.69. The Morgan fingerprint density at radius 1 is 1.20 bits per heavy atom. The van der Waals surface area contributed by atoms with E-state index < -0.39 is 11.7 Å². The van der Waals surface area contributed by atoms with Gasteiger partial charge in [-0.15, -0.1) is 0 Å². The Bertz CT molecular complexity index is 662. The number of ether oxygens (including phenoxy) is 1. The molecule has 20 heavy (non-hydrogen) atoms. The molecule has 0 aromatic heterocycles. The van der Waals surface area contributed by atoms with Crippen molar-refractivity contribution in [3.8, 4) is 5.75 Å². The molecule has 2 rings (SSSR count). The third-order valence-corrected chi connectivity index (χ3v) is 3.78. The smallest absolute Gasteiger partial charge is 0.257 e. The number of anilines is 1. The van der Waals surface area contributed by atoms with Crippen LogP contribution in [-0.2, 0) is 0 Å². The lowest BCUT2D eigenvalue weighted by Gasteiger charge is -2.09. The van der Waals surface area contributed by atoms with Crippen molar-refractivity contribution >= 4 is 43.5 Å². The van der Waals surface area contributed by atoms with Gasteiger partial charge in [0.15, 0.2) is 0 Å². The van der Waals surface area contributed by atoms with Gasteiger partial charge in [-0.05, 0) is 52.3 Å². The van der Waals surface area contributed by atoms with Crippen LogP contribution in [0, 0.1) is 5.82 Å². The molecule has 0 radical (unpaired) electrons. The predicted molar refractivity (Wildman–Crippen MR) is 82.7 cm³/mol. The van der Waals surface area contributed by atoms with Gasteiger partial charge in [0.1, 0.15) is 11.6 Å². The highest BCUT2D eigenvalue weighted by molar-refractivity contribution is 9.10. The lowest BCUT2D eigenvalue weighted by molar-refractivity contribution is 0.102. The number of carbonyl (C=O) groups is 1. The molecule has 0 saturated heterocycles. The van der Waals surface area contributed by atoms with Crippen molar-refractivity contribution in [3.63, 3.8) is 0 Å². The van der Waals surface area contributed by atoms with Gasteiger partial charge in [-0.25, -0.2) is 4.39 Å². The molecule has 2 aromatic carbocycles. The molecule has 0 saturated carbocycles. The highest BCUT2D eigenvalue weighted by atomic mass is 79.9. The number of nitrogens with one attached hydrogen (secondary N) is 1. The van der Waals surface area contributed by atoms with Crippen LogP contribution >= 0.6 is 31.9 Å². The number of amides is 1. The van der Waals surface area contributed by atoms with E-state index in [-0.39, 0.29) is 5.69 Å². The first-order valence-corrected chi connectivity index (χ1v) is 7.20. The molecule has 0 unspecified atom stereocenters. The summed E-state index contributed by atoms with van der Waals surface area (Å²) in [5.41, 5.74) is 0.486. The van der Waals surface area contributed by atoms with Gasteiger partial charge in [-0.2, -0.15) is 0 Å². The molecule has 0 aliphatic heterocycles. The van der Waals surface area contributed by atoms with Gasteiger partial charge < -0.3 is 10.1 Å². The fraction of sp³-hybridized carbons (Fsp3) is 0.0714. The Morgan fingerprint density at radius 3 is 2.60 bits per heavy atom. The van der Waals surface area contributed by atoms with E-state index in [2.05, 4.69) is 37.2 Å². The van der Waals surface area contributed by atoms with E-state index in [4.69, 9.17) is 4.74 Å². The number of benzene rings is 2. The monoisotopic (exact) mass is 401 g/mol. The normalized spacial score (nSPS) is 10.2. The van der Waals surface area contributed by atoms with Gasteiger partial charge in [0.25, 0.3) is 5.91 Å². The van der Waals surface area contributed by atoms with Crippen LogP contribution in [-0.4, -0.2) is 13.0 Å². The molecule has 0 aliphatic rings. The van der Waals surface area contributed by atoms with E-state index >= 15 is 0 Å². The minimum Gasteiger partial charge on any atom is -0.497 e. The summed E-state index contributed by atoms with van der Waals surface area (Å²) in [5.74, 6) is -0.377. The maximum absolute atomic E-state index is 13.7. The lowest BCUT2D eigenvalue weighted by Crippen LogP contribution is -2.13. The van der Waals surface area contributed by atoms with Crippen LogP contribution in [0.4, 0.5) is 10.1 Å². The van der Waals surface area contributed by atoms with Crippen LogP contribution < -0.4 is 10.1 Å². The van der Waals surface area contributed by atoms with Crippen molar-refractivity contribution in [2.45, 2.75) is 0 Å². The molecule has 0 aliphatic carbocycles. The number of hydrogen-bond acceptors (Lipinski definition) is 2. The number of hydrogen-bond donors (Lipinski definition) is 1. The lowest BCUT2D eigenvalue weighted by atomic mass is 10.2. The van der Waals surface area contributed by atoms with Crippen LogP contribution in [0.25, 0.3) is 0 Å². The molecule has 6 heteroatoms. The van der Waals surface area contributed by atoms with E-state index in [0.717, 1.165) is 0 Å². The first-order chi connectivity index (χ1) is 9.51. The maximum atomic E-state index is 13.7. The van der Waals surface area contributed by atoms with E-state index in [9.17, 15) is 9.18 Å². The van der Waals surface area contributed by atoms with Crippen molar-refractivity contribution in [3.05, 3.63) is 56.7 Å². The van der Waals surface area contributed by atoms with Crippen LogP contribution in [0.2, 0.25) is 0 Å². The fourth-order valence-corrected chi connectivity index (χ4v) is 2.35. The Morgan fingerprint density at radius 2 is 1.95 bits per heavy atom. The summed E-state index contributed by atoms with van der Waals surface area (Å²) in [5, 5.41) is 2.53. The van der Waals surface area contributed by atoms with Crippen molar-refractivity contribution < 1.29 is 13.9 Å². The van der Waals surface area contributed by atoms with Gasteiger partial charge in [0.2, 0.25) is 0 Å². The van der Waals surface area contributed by atoms with Gasteiger partial charge in [0, 0.05) is 8.95 Å².